The fraction of sp³-hybridized carbons (Fsp3) is 0.357. The van der Waals surface area contributed by atoms with E-state index in [9.17, 15) is 0 Å². The molecule has 1 unspecified atom stereocenters. The summed E-state index contributed by atoms with van der Waals surface area (Å²) < 4.78 is 13.0. The first kappa shape index (κ1) is 13.3. The summed E-state index contributed by atoms with van der Waals surface area (Å²) >= 11 is 6.19. The molecule has 1 aromatic carbocycles. The lowest BCUT2D eigenvalue weighted by molar-refractivity contribution is 0.291. The van der Waals surface area contributed by atoms with Crippen LogP contribution < -0.4 is 15.2 Å². The van der Waals surface area contributed by atoms with Gasteiger partial charge in [-0.05, 0) is 19.1 Å². The first-order valence-corrected chi connectivity index (χ1v) is 6.77. The van der Waals surface area contributed by atoms with Crippen molar-refractivity contribution >= 4 is 11.6 Å². The lowest BCUT2D eigenvalue weighted by Crippen LogP contribution is -2.10. The number of rotatable bonds is 3. The number of aromatic nitrogens is 2. The molecule has 1 aliphatic heterocycles. The second-order valence-corrected chi connectivity index (χ2v) is 5.25. The zero-order chi connectivity index (χ0) is 14.3. The molecular weight excluding hydrogens is 278 g/mol. The van der Waals surface area contributed by atoms with Gasteiger partial charge in [-0.25, -0.2) is 0 Å². The third-order valence-corrected chi connectivity index (χ3v) is 3.93. The Morgan fingerprint density at radius 1 is 1.55 bits per heavy atom. The van der Waals surface area contributed by atoms with Gasteiger partial charge >= 0.3 is 0 Å². The highest BCUT2D eigenvalue weighted by Gasteiger charge is 2.21. The van der Waals surface area contributed by atoms with Crippen molar-refractivity contribution in [3.8, 4) is 11.5 Å². The van der Waals surface area contributed by atoms with E-state index in [0.29, 0.717) is 18.2 Å². The first-order chi connectivity index (χ1) is 9.56. The van der Waals surface area contributed by atoms with Crippen LogP contribution in [0.15, 0.2) is 18.2 Å². The minimum absolute atomic E-state index is 0.0479. The second-order valence-electron chi connectivity index (χ2n) is 4.88. The Hall–Kier alpha value is -1.72. The van der Waals surface area contributed by atoms with Crippen LogP contribution in [-0.4, -0.2) is 16.4 Å². The molecule has 0 bridgehead atoms. The summed E-state index contributed by atoms with van der Waals surface area (Å²) in [6.07, 6.45) is 0. The molecule has 106 valence electrons. The lowest BCUT2D eigenvalue weighted by Gasteiger charge is -2.08. The van der Waals surface area contributed by atoms with Crippen LogP contribution in [0, 0.1) is 6.92 Å². The molecule has 1 aliphatic rings. The minimum atomic E-state index is -0.0479. The molecule has 0 aliphatic carbocycles. The fourth-order valence-corrected chi connectivity index (χ4v) is 2.51. The van der Waals surface area contributed by atoms with Gasteiger partial charge in [-0.3, -0.25) is 4.68 Å². The molecule has 20 heavy (non-hydrogen) atoms. The number of benzene rings is 1. The quantitative estimate of drug-likeness (QED) is 0.943. The summed E-state index contributed by atoms with van der Waals surface area (Å²) in [6, 6.07) is 5.65. The second kappa shape index (κ2) is 5.00. The number of fused-ring (bicyclic) bond motifs is 1. The summed E-state index contributed by atoms with van der Waals surface area (Å²) in [4.78, 5) is 0. The van der Waals surface area contributed by atoms with Crippen LogP contribution in [0.3, 0.4) is 0 Å². The number of ether oxygens (including phenoxy) is 2. The van der Waals surface area contributed by atoms with E-state index in [2.05, 4.69) is 5.10 Å². The van der Waals surface area contributed by atoms with E-state index < -0.39 is 0 Å². The summed E-state index contributed by atoms with van der Waals surface area (Å²) in [5, 5.41) is 4.90. The molecule has 0 spiro atoms. The number of nitrogens with zero attached hydrogens (tertiary/aromatic N) is 2. The van der Waals surface area contributed by atoms with Crippen molar-refractivity contribution in [3.63, 3.8) is 0 Å². The topological polar surface area (TPSA) is 62.3 Å². The van der Waals surface area contributed by atoms with E-state index in [0.717, 1.165) is 28.5 Å². The number of halogens is 1. The standard InChI is InChI=1S/C14H16ClN3O2/c1-8-14(15)12(18(2)17-8)7-19-9-3-4-10-11(16)6-20-13(10)5-9/h3-5,11H,6-7,16H2,1-2H3. The largest absolute Gasteiger partial charge is 0.491 e. The van der Waals surface area contributed by atoms with Crippen LogP contribution in [0.25, 0.3) is 0 Å². The Bertz CT molecular complexity index is 654. The molecule has 5 nitrogen and oxygen atoms in total. The Balaban J connectivity index is 1.76. The zero-order valence-electron chi connectivity index (χ0n) is 11.4. The highest BCUT2D eigenvalue weighted by Crippen LogP contribution is 2.34. The van der Waals surface area contributed by atoms with Crippen LogP contribution in [0.5, 0.6) is 11.5 Å². The molecule has 0 fully saturated rings. The molecular formula is C14H16ClN3O2. The molecule has 1 atom stereocenters. The summed E-state index contributed by atoms with van der Waals surface area (Å²) in [5.74, 6) is 1.52. The zero-order valence-corrected chi connectivity index (χ0v) is 12.1. The van der Waals surface area contributed by atoms with Gasteiger partial charge in [0, 0.05) is 18.7 Å². The highest BCUT2D eigenvalue weighted by molar-refractivity contribution is 6.31. The molecule has 0 amide bonds. The Morgan fingerprint density at radius 3 is 3.05 bits per heavy atom. The fourth-order valence-electron chi connectivity index (χ4n) is 2.29. The molecule has 0 saturated heterocycles. The average molecular weight is 294 g/mol. The Kier molecular flexibility index (Phi) is 3.31. The molecule has 0 radical (unpaired) electrons. The molecule has 1 aromatic heterocycles. The Morgan fingerprint density at radius 2 is 2.35 bits per heavy atom. The van der Waals surface area contributed by atoms with Crippen molar-refractivity contribution < 1.29 is 9.47 Å². The first-order valence-electron chi connectivity index (χ1n) is 6.39. The van der Waals surface area contributed by atoms with Crippen molar-refractivity contribution in [2.75, 3.05) is 6.61 Å². The summed E-state index contributed by atoms with van der Waals surface area (Å²) in [7, 11) is 1.85. The van der Waals surface area contributed by atoms with Crippen molar-refractivity contribution in [2.45, 2.75) is 19.6 Å². The minimum Gasteiger partial charge on any atom is -0.491 e. The maximum Gasteiger partial charge on any atom is 0.131 e. The van der Waals surface area contributed by atoms with Gasteiger partial charge in [-0.2, -0.15) is 5.10 Å². The van der Waals surface area contributed by atoms with Crippen LogP contribution in [-0.2, 0) is 13.7 Å². The van der Waals surface area contributed by atoms with Crippen molar-refractivity contribution in [3.05, 3.63) is 40.2 Å². The number of aryl methyl sites for hydroxylation is 2. The average Bonchev–Trinajstić information content (AvgIpc) is 2.90. The third kappa shape index (κ3) is 2.23. The molecule has 3 rings (SSSR count). The van der Waals surface area contributed by atoms with Crippen LogP contribution >= 0.6 is 11.6 Å². The highest BCUT2D eigenvalue weighted by atomic mass is 35.5. The monoisotopic (exact) mass is 293 g/mol. The van der Waals surface area contributed by atoms with E-state index in [1.54, 1.807) is 4.68 Å². The number of hydrogen-bond donors (Lipinski definition) is 1. The van der Waals surface area contributed by atoms with Gasteiger partial charge in [0.1, 0.15) is 24.7 Å². The van der Waals surface area contributed by atoms with E-state index in [-0.39, 0.29) is 6.04 Å². The molecule has 2 N–H and O–H groups in total. The number of nitrogens with two attached hydrogens (primary N) is 1. The Labute approximate surface area is 122 Å². The van der Waals surface area contributed by atoms with E-state index in [1.165, 1.54) is 0 Å². The van der Waals surface area contributed by atoms with Gasteiger partial charge in [0.2, 0.25) is 0 Å². The summed E-state index contributed by atoms with van der Waals surface area (Å²) in [5.41, 5.74) is 8.58. The van der Waals surface area contributed by atoms with Crippen molar-refractivity contribution in [1.29, 1.82) is 0 Å². The van der Waals surface area contributed by atoms with Crippen molar-refractivity contribution in [2.24, 2.45) is 12.8 Å². The number of hydrogen-bond acceptors (Lipinski definition) is 4. The van der Waals surface area contributed by atoms with Gasteiger partial charge < -0.3 is 15.2 Å². The van der Waals surface area contributed by atoms with Gasteiger partial charge in [-0.1, -0.05) is 11.6 Å². The predicted octanol–water partition coefficient (Wildman–Crippen LogP) is 2.35. The van der Waals surface area contributed by atoms with Crippen LogP contribution in [0.2, 0.25) is 5.02 Å². The normalized spacial score (nSPS) is 16.9. The molecule has 0 saturated carbocycles. The van der Waals surface area contributed by atoms with Crippen LogP contribution in [0.1, 0.15) is 23.0 Å². The van der Waals surface area contributed by atoms with Gasteiger partial charge in [0.25, 0.3) is 0 Å². The molecule has 6 heteroatoms. The van der Waals surface area contributed by atoms with Gasteiger partial charge in [-0.15, -0.1) is 0 Å². The van der Waals surface area contributed by atoms with E-state index >= 15 is 0 Å². The van der Waals surface area contributed by atoms with E-state index in [4.69, 9.17) is 26.8 Å². The third-order valence-electron chi connectivity index (χ3n) is 3.44. The summed E-state index contributed by atoms with van der Waals surface area (Å²) in [6.45, 7) is 2.75. The van der Waals surface area contributed by atoms with E-state index in [1.807, 2.05) is 32.2 Å². The maximum absolute atomic E-state index is 6.19. The molecule has 2 aromatic rings. The van der Waals surface area contributed by atoms with Crippen LogP contribution in [0.4, 0.5) is 0 Å². The van der Waals surface area contributed by atoms with Gasteiger partial charge in [0.05, 0.1) is 22.5 Å². The molecule has 2 heterocycles. The SMILES string of the molecule is Cc1nn(C)c(COc2ccc3c(c2)OCC3N)c1Cl. The lowest BCUT2D eigenvalue weighted by atomic mass is 10.1. The predicted molar refractivity (Wildman–Crippen MR) is 76.2 cm³/mol. The maximum atomic E-state index is 6.19. The van der Waals surface area contributed by atoms with Gasteiger partial charge in [0.15, 0.2) is 0 Å². The smallest absolute Gasteiger partial charge is 0.131 e. The van der Waals surface area contributed by atoms with Crippen molar-refractivity contribution in [1.82, 2.24) is 9.78 Å².